The van der Waals surface area contributed by atoms with E-state index in [-0.39, 0.29) is 41.2 Å². The van der Waals surface area contributed by atoms with Crippen molar-refractivity contribution in [3.8, 4) is 5.75 Å². The van der Waals surface area contributed by atoms with Crippen LogP contribution in [0.4, 0.5) is 0 Å². The Morgan fingerprint density at radius 2 is 1.81 bits per heavy atom. The molecule has 0 aromatic heterocycles. The molecule has 4 rings (SSSR count). The summed E-state index contributed by atoms with van der Waals surface area (Å²) in [6.07, 6.45) is 6.46. The number of amides is 2. The maximum absolute atomic E-state index is 12.4. The lowest BCUT2D eigenvalue weighted by Crippen LogP contribution is -2.28. The molecule has 1 N–H and O–H groups in total. The lowest BCUT2D eigenvalue weighted by molar-refractivity contribution is -0.140. The first-order chi connectivity index (χ1) is 10.1. The minimum atomic E-state index is -0.228. The van der Waals surface area contributed by atoms with Gasteiger partial charge in [-0.1, -0.05) is 24.3 Å². The van der Waals surface area contributed by atoms with Gasteiger partial charge in [-0.05, 0) is 36.0 Å². The van der Waals surface area contributed by atoms with Crippen LogP contribution in [0.25, 0.3) is 0 Å². The highest BCUT2D eigenvalue weighted by atomic mass is 16.3. The first kappa shape index (κ1) is 12.3. The Balaban J connectivity index is 1.60. The Hall–Kier alpha value is -2.43. The standard InChI is InChI=1S/C16H14N2O3/c19-12-3-1-2-9(6-12)8-17-18-15(20)13-10-4-5-11(7-10)14(13)16(18)21/h1-6,8,10-11,13-14,19H,7H2/b17-8-/t10-,11+,13-,14+. The number of aromatic hydroxyl groups is 1. The van der Waals surface area contributed by atoms with E-state index in [4.69, 9.17) is 0 Å². The van der Waals surface area contributed by atoms with Crippen LogP contribution in [0.5, 0.6) is 5.75 Å². The molecule has 0 radical (unpaired) electrons. The third kappa shape index (κ3) is 1.73. The lowest BCUT2D eigenvalue weighted by Gasteiger charge is -2.13. The van der Waals surface area contributed by atoms with E-state index >= 15 is 0 Å². The van der Waals surface area contributed by atoms with Crippen molar-refractivity contribution in [1.29, 1.82) is 0 Å². The summed E-state index contributed by atoms with van der Waals surface area (Å²) in [4.78, 5) is 24.8. The highest BCUT2D eigenvalue weighted by Crippen LogP contribution is 2.52. The smallest absolute Gasteiger partial charge is 0.254 e. The van der Waals surface area contributed by atoms with E-state index in [9.17, 15) is 14.7 Å². The number of hydrogen-bond donors (Lipinski definition) is 1. The summed E-state index contributed by atoms with van der Waals surface area (Å²) >= 11 is 0. The second kappa shape index (κ2) is 4.28. The van der Waals surface area contributed by atoms with Crippen LogP contribution in [0.1, 0.15) is 12.0 Å². The molecule has 0 unspecified atom stereocenters. The Labute approximate surface area is 121 Å². The Bertz CT molecular complexity index is 665. The number of phenolic OH excluding ortho intramolecular Hbond substituents is 1. The Morgan fingerprint density at radius 3 is 2.43 bits per heavy atom. The maximum atomic E-state index is 12.4. The highest BCUT2D eigenvalue weighted by Gasteiger charge is 2.59. The molecule has 2 aliphatic carbocycles. The second-order valence-electron chi connectivity index (χ2n) is 5.83. The number of rotatable bonds is 2. The molecule has 5 heteroatoms. The summed E-state index contributed by atoms with van der Waals surface area (Å²) in [6.45, 7) is 0. The van der Waals surface area contributed by atoms with E-state index in [1.807, 2.05) is 0 Å². The van der Waals surface area contributed by atoms with Gasteiger partial charge in [-0.25, -0.2) is 0 Å². The topological polar surface area (TPSA) is 70.0 Å². The minimum Gasteiger partial charge on any atom is -0.508 e. The zero-order valence-electron chi connectivity index (χ0n) is 11.2. The molecule has 106 valence electrons. The fourth-order valence-corrected chi connectivity index (χ4v) is 3.73. The van der Waals surface area contributed by atoms with E-state index in [2.05, 4.69) is 17.3 Å². The van der Waals surface area contributed by atoms with Crippen LogP contribution in [-0.4, -0.2) is 28.1 Å². The Morgan fingerprint density at radius 1 is 1.14 bits per heavy atom. The van der Waals surface area contributed by atoms with Gasteiger partial charge in [0.05, 0.1) is 18.1 Å². The largest absolute Gasteiger partial charge is 0.508 e. The number of benzene rings is 1. The number of carbonyl (C=O) groups excluding carboxylic acids is 2. The average molecular weight is 282 g/mol. The summed E-state index contributed by atoms with van der Waals surface area (Å²) in [5.41, 5.74) is 0.647. The molecular formula is C16H14N2O3. The van der Waals surface area contributed by atoms with Crippen molar-refractivity contribution in [1.82, 2.24) is 5.01 Å². The molecule has 21 heavy (non-hydrogen) atoms. The van der Waals surface area contributed by atoms with Crippen molar-refractivity contribution in [3.05, 3.63) is 42.0 Å². The molecule has 1 saturated carbocycles. The van der Waals surface area contributed by atoms with E-state index in [1.54, 1.807) is 18.2 Å². The number of hydrazone groups is 1. The quantitative estimate of drug-likeness (QED) is 0.508. The monoisotopic (exact) mass is 282 g/mol. The molecule has 1 aromatic carbocycles. The summed E-state index contributed by atoms with van der Waals surface area (Å²) < 4.78 is 0. The third-order valence-corrected chi connectivity index (χ3v) is 4.64. The van der Waals surface area contributed by atoms with Crippen molar-refractivity contribution < 1.29 is 14.7 Å². The molecule has 2 bridgehead atoms. The van der Waals surface area contributed by atoms with Gasteiger partial charge >= 0.3 is 0 Å². The van der Waals surface area contributed by atoms with Crippen molar-refractivity contribution in [3.63, 3.8) is 0 Å². The molecule has 4 atom stereocenters. The fourth-order valence-electron chi connectivity index (χ4n) is 3.73. The number of allylic oxidation sites excluding steroid dienone is 2. The van der Waals surface area contributed by atoms with Crippen LogP contribution in [0.2, 0.25) is 0 Å². The van der Waals surface area contributed by atoms with Gasteiger partial charge in [0.1, 0.15) is 5.75 Å². The van der Waals surface area contributed by atoms with Crippen LogP contribution in [-0.2, 0) is 9.59 Å². The van der Waals surface area contributed by atoms with Crippen molar-refractivity contribution in [2.45, 2.75) is 6.42 Å². The first-order valence-electron chi connectivity index (χ1n) is 7.04. The van der Waals surface area contributed by atoms with Gasteiger partial charge in [-0.15, -0.1) is 0 Å². The number of imide groups is 1. The average Bonchev–Trinajstić information content (AvgIpc) is 3.12. The summed E-state index contributed by atoms with van der Waals surface area (Å²) in [7, 11) is 0. The number of nitrogens with zero attached hydrogens (tertiary/aromatic N) is 2. The van der Waals surface area contributed by atoms with Crippen molar-refractivity contribution in [2.24, 2.45) is 28.8 Å². The normalized spacial score (nSPS) is 33.4. The fraction of sp³-hybridized carbons (Fsp3) is 0.312. The predicted molar refractivity (Wildman–Crippen MR) is 75.3 cm³/mol. The van der Waals surface area contributed by atoms with Crippen LogP contribution in [0.15, 0.2) is 41.5 Å². The van der Waals surface area contributed by atoms with Crippen LogP contribution in [0.3, 0.4) is 0 Å². The minimum absolute atomic E-state index is 0.122. The number of hydrogen-bond acceptors (Lipinski definition) is 4. The molecule has 1 heterocycles. The molecule has 3 aliphatic rings. The number of carbonyl (C=O) groups is 2. The summed E-state index contributed by atoms with van der Waals surface area (Å²) in [6, 6.07) is 6.52. The summed E-state index contributed by atoms with van der Waals surface area (Å²) in [5, 5.41) is 14.5. The number of fused-ring (bicyclic) bond motifs is 5. The van der Waals surface area contributed by atoms with E-state index in [0.717, 1.165) is 11.4 Å². The van der Waals surface area contributed by atoms with E-state index < -0.39 is 0 Å². The van der Waals surface area contributed by atoms with Crippen LogP contribution < -0.4 is 0 Å². The van der Waals surface area contributed by atoms with E-state index in [1.165, 1.54) is 12.3 Å². The van der Waals surface area contributed by atoms with Gasteiger partial charge in [0.2, 0.25) is 0 Å². The van der Waals surface area contributed by atoms with Gasteiger partial charge < -0.3 is 5.11 Å². The van der Waals surface area contributed by atoms with Crippen LogP contribution in [0, 0.1) is 23.7 Å². The van der Waals surface area contributed by atoms with Gasteiger partial charge in [-0.3, -0.25) is 9.59 Å². The second-order valence-corrected chi connectivity index (χ2v) is 5.83. The molecule has 1 aliphatic heterocycles. The van der Waals surface area contributed by atoms with Crippen molar-refractivity contribution in [2.75, 3.05) is 0 Å². The molecule has 1 aromatic rings. The molecule has 0 spiro atoms. The van der Waals surface area contributed by atoms with Crippen LogP contribution >= 0.6 is 0 Å². The van der Waals surface area contributed by atoms with Gasteiger partial charge in [0, 0.05) is 0 Å². The number of phenols is 1. The zero-order valence-corrected chi connectivity index (χ0v) is 11.2. The third-order valence-electron chi connectivity index (χ3n) is 4.64. The van der Waals surface area contributed by atoms with Gasteiger partial charge in [0.15, 0.2) is 0 Å². The SMILES string of the molecule is O=C1[C@@H]2[C@H](C(=O)N1/N=C\c1cccc(O)c1)[C@@H]1C=C[C@H]2C1. The van der Waals surface area contributed by atoms with Gasteiger partial charge in [-0.2, -0.15) is 10.1 Å². The molecule has 2 amide bonds. The maximum Gasteiger partial charge on any atom is 0.254 e. The highest BCUT2D eigenvalue weighted by molar-refractivity contribution is 6.06. The zero-order chi connectivity index (χ0) is 14.6. The van der Waals surface area contributed by atoms with Gasteiger partial charge in [0.25, 0.3) is 11.8 Å². The first-order valence-corrected chi connectivity index (χ1v) is 7.04. The Kier molecular flexibility index (Phi) is 2.51. The van der Waals surface area contributed by atoms with E-state index in [0.29, 0.717) is 5.56 Å². The molecule has 1 saturated heterocycles. The van der Waals surface area contributed by atoms with Crippen molar-refractivity contribution >= 4 is 18.0 Å². The lowest BCUT2D eigenvalue weighted by atomic mass is 9.85. The summed E-state index contributed by atoms with van der Waals surface area (Å²) in [5.74, 6) is -0.342. The predicted octanol–water partition coefficient (Wildman–Crippen LogP) is 1.53. The molecular weight excluding hydrogens is 268 g/mol. The molecule has 2 fully saturated rings. The molecule has 5 nitrogen and oxygen atoms in total.